The summed E-state index contributed by atoms with van der Waals surface area (Å²) in [6.07, 6.45) is 6.05. The van der Waals surface area contributed by atoms with Crippen molar-refractivity contribution in [1.29, 1.82) is 0 Å². The van der Waals surface area contributed by atoms with Gasteiger partial charge in [-0.15, -0.1) is 0 Å². The largest absolute Gasteiger partial charge is 0.497 e. The van der Waals surface area contributed by atoms with Crippen molar-refractivity contribution in [2.24, 2.45) is 0 Å². The average Bonchev–Trinajstić information content (AvgIpc) is 3.05. The molecule has 5 rings (SSSR count). The minimum atomic E-state index is -0.308. The minimum Gasteiger partial charge on any atom is -0.497 e. The van der Waals surface area contributed by atoms with Gasteiger partial charge >= 0.3 is 11.9 Å². The maximum absolute atomic E-state index is 11.1. The van der Waals surface area contributed by atoms with Crippen molar-refractivity contribution in [2.75, 3.05) is 14.2 Å². The quantitative estimate of drug-likeness (QED) is 0.147. The second kappa shape index (κ2) is 14.9. The summed E-state index contributed by atoms with van der Waals surface area (Å²) in [7, 11) is 3.35. The molecule has 1 aliphatic carbocycles. The third-order valence-corrected chi connectivity index (χ3v) is 8.67. The van der Waals surface area contributed by atoms with E-state index in [4.69, 9.17) is 18.9 Å². The molecule has 0 spiro atoms. The number of carbonyl (C=O) groups is 2. The van der Waals surface area contributed by atoms with Crippen LogP contribution < -0.4 is 18.9 Å². The van der Waals surface area contributed by atoms with Crippen molar-refractivity contribution < 1.29 is 28.5 Å². The lowest BCUT2D eigenvalue weighted by atomic mass is 9.65. The number of esters is 2. The molecule has 4 aromatic rings. The van der Waals surface area contributed by atoms with Crippen LogP contribution in [-0.2, 0) is 20.4 Å². The Labute approximate surface area is 267 Å². The molecule has 0 saturated heterocycles. The van der Waals surface area contributed by atoms with Gasteiger partial charge in [-0.05, 0) is 83.6 Å². The Morgan fingerprint density at radius 1 is 0.533 bits per heavy atom. The summed E-state index contributed by atoms with van der Waals surface area (Å²) in [5, 5.41) is 0. The first-order valence-electron chi connectivity index (χ1n) is 15.4. The Kier molecular flexibility index (Phi) is 11.1. The van der Waals surface area contributed by atoms with Crippen molar-refractivity contribution >= 4 is 11.9 Å². The van der Waals surface area contributed by atoms with Crippen LogP contribution in [0.3, 0.4) is 0 Å². The summed E-state index contributed by atoms with van der Waals surface area (Å²) in [6.45, 7) is 7.15. The van der Waals surface area contributed by atoms with E-state index >= 15 is 0 Å². The Bertz CT molecular complexity index is 1530. The molecule has 236 valence electrons. The minimum absolute atomic E-state index is 0.0409. The lowest BCUT2D eigenvalue weighted by Crippen LogP contribution is -2.30. The highest BCUT2D eigenvalue weighted by Crippen LogP contribution is 2.45. The fraction of sp³-hybridized carbons (Fsp3) is 0.333. The second-order valence-corrected chi connectivity index (χ2v) is 12.0. The Morgan fingerprint density at radius 2 is 0.867 bits per heavy atom. The number of ether oxygens (including phenoxy) is 4. The number of hydrogen-bond donors (Lipinski definition) is 0. The summed E-state index contributed by atoms with van der Waals surface area (Å²) in [4.78, 5) is 22.1. The van der Waals surface area contributed by atoms with Crippen LogP contribution in [0.1, 0.15) is 82.1 Å². The summed E-state index contributed by atoms with van der Waals surface area (Å²) in [5.74, 6) is 2.31. The predicted molar refractivity (Wildman–Crippen MR) is 177 cm³/mol. The molecule has 0 radical (unpaired) electrons. The topological polar surface area (TPSA) is 71.1 Å². The van der Waals surface area contributed by atoms with E-state index in [-0.39, 0.29) is 22.8 Å². The predicted octanol–water partition coefficient (Wildman–Crippen LogP) is 8.82. The van der Waals surface area contributed by atoms with Gasteiger partial charge in [0.2, 0.25) is 0 Å². The molecule has 0 aliphatic heterocycles. The summed E-state index contributed by atoms with van der Waals surface area (Å²) in [6, 6.07) is 32.1. The zero-order valence-corrected chi connectivity index (χ0v) is 27.2. The first kappa shape index (κ1) is 33.3. The molecule has 0 unspecified atom stereocenters. The highest BCUT2D eigenvalue weighted by Gasteiger charge is 2.35. The number of hydrogen-bond acceptors (Lipinski definition) is 6. The molecule has 45 heavy (non-hydrogen) atoms. The Hall–Kier alpha value is -4.58. The van der Waals surface area contributed by atoms with Crippen molar-refractivity contribution in [2.45, 2.75) is 70.6 Å². The van der Waals surface area contributed by atoms with E-state index < -0.39 is 0 Å². The molecular formula is C39H44O6. The van der Waals surface area contributed by atoms with Gasteiger partial charge in [-0.2, -0.15) is 0 Å². The molecule has 1 fully saturated rings. The summed E-state index contributed by atoms with van der Waals surface area (Å²) < 4.78 is 20.7. The molecule has 0 amide bonds. The van der Waals surface area contributed by atoms with E-state index in [1.165, 1.54) is 49.8 Å². The van der Waals surface area contributed by atoms with Crippen molar-refractivity contribution in [3.63, 3.8) is 0 Å². The van der Waals surface area contributed by atoms with Crippen LogP contribution in [0, 0.1) is 0 Å². The summed E-state index contributed by atoms with van der Waals surface area (Å²) >= 11 is 0. The first-order chi connectivity index (χ1) is 21.6. The third-order valence-electron chi connectivity index (χ3n) is 8.67. The number of carbonyl (C=O) groups excluding carboxylic acids is 2. The second-order valence-electron chi connectivity index (χ2n) is 12.0. The monoisotopic (exact) mass is 608 g/mol. The van der Waals surface area contributed by atoms with Gasteiger partial charge in [0, 0.05) is 24.7 Å². The van der Waals surface area contributed by atoms with E-state index in [1.54, 1.807) is 14.2 Å². The Balaban J connectivity index is 0.000000207. The highest BCUT2D eigenvalue weighted by molar-refractivity contribution is 5.69. The van der Waals surface area contributed by atoms with Gasteiger partial charge < -0.3 is 18.9 Å². The molecule has 0 atom stereocenters. The molecule has 0 heterocycles. The first-order valence-corrected chi connectivity index (χ1v) is 15.4. The lowest BCUT2D eigenvalue weighted by Gasteiger charge is -2.38. The fourth-order valence-corrected chi connectivity index (χ4v) is 6.10. The van der Waals surface area contributed by atoms with Crippen molar-refractivity contribution in [3.05, 3.63) is 119 Å². The van der Waals surface area contributed by atoms with E-state index in [9.17, 15) is 9.59 Å². The molecular weight excluding hydrogens is 564 g/mol. The van der Waals surface area contributed by atoms with E-state index in [0.717, 1.165) is 29.9 Å². The van der Waals surface area contributed by atoms with Crippen LogP contribution in [0.25, 0.3) is 0 Å². The zero-order valence-electron chi connectivity index (χ0n) is 27.2. The normalized spacial score (nSPS) is 13.9. The number of benzene rings is 4. The summed E-state index contributed by atoms with van der Waals surface area (Å²) in [5.41, 5.74) is 4.89. The van der Waals surface area contributed by atoms with Crippen LogP contribution in [0.5, 0.6) is 23.0 Å². The van der Waals surface area contributed by atoms with Crippen molar-refractivity contribution in [3.8, 4) is 23.0 Å². The molecule has 4 aromatic carbocycles. The van der Waals surface area contributed by atoms with Crippen LogP contribution in [0.4, 0.5) is 0 Å². The molecule has 0 N–H and O–H groups in total. The molecule has 6 nitrogen and oxygen atoms in total. The smallest absolute Gasteiger partial charge is 0.308 e. The maximum atomic E-state index is 11.1. The van der Waals surface area contributed by atoms with E-state index in [2.05, 4.69) is 50.2 Å². The fourth-order valence-electron chi connectivity index (χ4n) is 6.10. The average molecular weight is 609 g/mol. The van der Waals surface area contributed by atoms with Crippen LogP contribution >= 0.6 is 0 Å². The number of methoxy groups -OCH3 is 2. The Morgan fingerprint density at radius 3 is 1.22 bits per heavy atom. The van der Waals surface area contributed by atoms with Crippen molar-refractivity contribution in [1.82, 2.24) is 0 Å². The van der Waals surface area contributed by atoms with E-state index in [0.29, 0.717) is 11.5 Å². The van der Waals surface area contributed by atoms with Crippen LogP contribution in [-0.4, -0.2) is 26.2 Å². The van der Waals surface area contributed by atoms with Crippen LogP contribution in [0.15, 0.2) is 97.1 Å². The van der Waals surface area contributed by atoms with Gasteiger partial charge in [-0.3, -0.25) is 9.59 Å². The standard InChI is InChI=1S/C21H24O3.C18H20O3/c1-16(22)24-20-12-8-18(9-13-20)21(14-4-3-5-15-21)17-6-10-19(23-2)11-7-17;1-13(19)21-17-11-7-15(8-12-17)18(2,3)14-5-9-16(20-4)10-6-14/h6-13H,3-5,14-15H2,1-2H3;5-12H,1-4H3. The van der Waals surface area contributed by atoms with Gasteiger partial charge in [-0.25, -0.2) is 0 Å². The lowest BCUT2D eigenvalue weighted by molar-refractivity contribution is -0.132. The van der Waals surface area contributed by atoms with Crippen LogP contribution in [0.2, 0.25) is 0 Å². The molecule has 1 aliphatic rings. The molecule has 0 bridgehead atoms. The molecule has 0 aromatic heterocycles. The molecule has 6 heteroatoms. The van der Waals surface area contributed by atoms with Gasteiger partial charge in [0.05, 0.1) is 14.2 Å². The SMILES string of the molecule is COc1ccc(C(C)(C)c2ccc(OC(C)=O)cc2)cc1.COc1ccc(C2(c3ccc(OC(C)=O)cc3)CCCCC2)cc1. The third kappa shape index (κ3) is 8.33. The van der Waals surface area contributed by atoms with Gasteiger partial charge in [-0.1, -0.05) is 81.6 Å². The maximum Gasteiger partial charge on any atom is 0.308 e. The zero-order chi connectivity index (χ0) is 32.5. The van der Waals surface area contributed by atoms with E-state index in [1.807, 2.05) is 60.7 Å². The van der Waals surface area contributed by atoms with Gasteiger partial charge in [0.1, 0.15) is 23.0 Å². The van der Waals surface area contributed by atoms with Gasteiger partial charge in [0.15, 0.2) is 0 Å². The highest BCUT2D eigenvalue weighted by atomic mass is 16.5. The molecule has 1 saturated carbocycles. The number of rotatable bonds is 8. The van der Waals surface area contributed by atoms with Gasteiger partial charge in [0.25, 0.3) is 0 Å².